The van der Waals surface area contributed by atoms with Crippen LogP contribution in [0, 0.1) is 10.1 Å². The summed E-state index contributed by atoms with van der Waals surface area (Å²) in [4.78, 5) is 24.6. The smallest absolute Gasteiger partial charge is 0.339 e. The Balaban J connectivity index is 2.77. The van der Waals surface area contributed by atoms with Gasteiger partial charge in [0.15, 0.2) is 0 Å². The van der Waals surface area contributed by atoms with Gasteiger partial charge >= 0.3 is 5.97 Å². The summed E-state index contributed by atoms with van der Waals surface area (Å²) < 4.78 is 0. The van der Waals surface area contributed by atoms with Crippen LogP contribution in [0.1, 0.15) is 15.9 Å². The Kier molecular flexibility index (Phi) is 3.65. The van der Waals surface area contributed by atoms with Gasteiger partial charge in [-0.25, -0.2) is 4.79 Å². The highest BCUT2D eigenvalue weighted by molar-refractivity contribution is 5.91. The van der Waals surface area contributed by atoms with Gasteiger partial charge in [-0.3, -0.25) is 0 Å². The van der Waals surface area contributed by atoms with E-state index in [1.54, 1.807) is 0 Å². The summed E-state index contributed by atoms with van der Waals surface area (Å²) in [6.45, 7) is -0.233. The summed E-state index contributed by atoms with van der Waals surface area (Å²) in [5, 5.41) is 27.2. The van der Waals surface area contributed by atoms with Crippen molar-refractivity contribution in [2.24, 2.45) is 0 Å². The van der Waals surface area contributed by atoms with Crippen LogP contribution in [0.2, 0.25) is 0 Å². The first-order valence-corrected chi connectivity index (χ1v) is 4.34. The minimum atomic E-state index is -1.26. The second-order valence-electron chi connectivity index (χ2n) is 2.93. The second kappa shape index (κ2) is 4.96. The average molecular weight is 227 g/mol. The molecule has 0 saturated carbocycles. The highest BCUT2D eigenvalue weighted by Crippen LogP contribution is 2.22. The fourth-order valence-electron chi connectivity index (χ4n) is 1.20. The Bertz CT molecular complexity index is 416. The number of benzene rings is 1. The third-order valence-electron chi connectivity index (χ3n) is 1.92. The molecule has 2 N–H and O–H groups in total. The van der Waals surface area contributed by atoms with Gasteiger partial charge in [-0.1, -0.05) is 12.1 Å². The molecule has 0 aliphatic rings. The molecular formula is C9H9NO6. The van der Waals surface area contributed by atoms with E-state index in [2.05, 4.69) is 4.84 Å². The number of aromatic carboxylic acids is 1. The van der Waals surface area contributed by atoms with E-state index in [0.717, 1.165) is 0 Å². The van der Waals surface area contributed by atoms with Crippen molar-refractivity contribution in [3.8, 4) is 5.75 Å². The van der Waals surface area contributed by atoms with Gasteiger partial charge in [-0.05, 0) is 18.1 Å². The lowest BCUT2D eigenvalue weighted by atomic mass is 10.1. The molecule has 0 heterocycles. The molecule has 0 aliphatic heterocycles. The Labute approximate surface area is 90.0 Å². The Morgan fingerprint density at radius 3 is 2.75 bits per heavy atom. The van der Waals surface area contributed by atoms with Gasteiger partial charge < -0.3 is 15.1 Å². The van der Waals surface area contributed by atoms with Crippen molar-refractivity contribution in [1.82, 2.24) is 0 Å². The SMILES string of the molecule is O=C(O)c1cccc(CCO[N+](=O)[O-])c1O. The van der Waals surface area contributed by atoms with Gasteiger partial charge in [-0.15, -0.1) is 10.1 Å². The fourth-order valence-corrected chi connectivity index (χ4v) is 1.20. The quantitative estimate of drug-likeness (QED) is 0.569. The van der Waals surface area contributed by atoms with E-state index >= 15 is 0 Å². The molecule has 7 nitrogen and oxygen atoms in total. The zero-order chi connectivity index (χ0) is 12.1. The molecule has 0 radical (unpaired) electrons. The predicted molar refractivity (Wildman–Crippen MR) is 51.7 cm³/mol. The molecule has 7 heteroatoms. The summed E-state index contributed by atoms with van der Waals surface area (Å²) >= 11 is 0. The third kappa shape index (κ3) is 2.84. The lowest BCUT2D eigenvalue weighted by molar-refractivity contribution is -0.757. The first-order valence-electron chi connectivity index (χ1n) is 4.34. The average Bonchev–Trinajstić information content (AvgIpc) is 2.19. The van der Waals surface area contributed by atoms with E-state index < -0.39 is 11.1 Å². The number of para-hydroxylation sites is 1. The van der Waals surface area contributed by atoms with Crippen LogP contribution in [-0.2, 0) is 11.3 Å². The number of carbonyl (C=O) groups is 1. The van der Waals surface area contributed by atoms with Crippen LogP contribution in [0.25, 0.3) is 0 Å². The molecule has 0 bridgehead atoms. The maximum absolute atomic E-state index is 10.7. The number of hydrogen-bond donors (Lipinski definition) is 2. The van der Waals surface area contributed by atoms with E-state index in [9.17, 15) is 20.0 Å². The lowest BCUT2D eigenvalue weighted by Gasteiger charge is -2.06. The van der Waals surface area contributed by atoms with E-state index in [4.69, 9.17) is 5.11 Å². The van der Waals surface area contributed by atoms with Crippen LogP contribution < -0.4 is 0 Å². The van der Waals surface area contributed by atoms with Crippen molar-refractivity contribution < 1.29 is 24.9 Å². The van der Waals surface area contributed by atoms with Crippen LogP contribution >= 0.6 is 0 Å². The van der Waals surface area contributed by atoms with Crippen LogP contribution in [0.4, 0.5) is 0 Å². The molecule has 86 valence electrons. The number of carboxylic acids is 1. The van der Waals surface area contributed by atoms with Crippen molar-refractivity contribution in [2.45, 2.75) is 6.42 Å². The second-order valence-corrected chi connectivity index (χ2v) is 2.93. The molecule has 0 amide bonds. The van der Waals surface area contributed by atoms with Gasteiger partial charge in [0.05, 0.1) is 0 Å². The molecule has 1 rings (SSSR count). The molecule has 0 fully saturated rings. The molecule has 1 aromatic rings. The van der Waals surface area contributed by atoms with Gasteiger partial charge in [0, 0.05) is 0 Å². The zero-order valence-electron chi connectivity index (χ0n) is 8.12. The fraction of sp³-hybridized carbons (Fsp3) is 0.222. The largest absolute Gasteiger partial charge is 0.507 e. The molecule has 0 aliphatic carbocycles. The van der Waals surface area contributed by atoms with Crippen molar-refractivity contribution >= 4 is 5.97 Å². The van der Waals surface area contributed by atoms with Crippen LogP contribution in [0.3, 0.4) is 0 Å². The first-order chi connectivity index (χ1) is 7.52. The van der Waals surface area contributed by atoms with Gasteiger partial charge in [0.2, 0.25) is 0 Å². The normalized spacial score (nSPS) is 9.75. The summed E-state index contributed by atoms with van der Waals surface area (Å²) in [5.41, 5.74) is 0.0559. The predicted octanol–water partition coefficient (Wildman–Crippen LogP) is 0.841. The number of rotatable bonds is 5. The summed E-state index contributed by atoms with van der Waals surface area (Å²) in [7, 11) is 0. The molecule has 0 saturated heterocycles. The van der Waals surface area contributed by atoms with Crippen molar-refractivity contribution in [1.29, 1.82) is 0 Å². The zero-order valence-corrected chi connectivity index (χ0v) is 8.12. The Morgan fingerprint density at radius 2 is 2.19 bits per heavy atom. The number of carboxylic acid groups (broad SMARTS) is 1. The first kappa shape index (κ1) is 11.8. The standard InChI is InChI=1S/C9H9NO6/c11-8-6(4-5-16-10(14)15)2-1-3-7(8)9(12)13/h1-3,11H,4-5H2,(H,12,13). The maximum atomic E-state index is 10.7. The molecule has 0 spiro atoms. The molecular weight excluding hydrogens is 218 g/mol. The highest BCUT2D eigenvalue weighted by Gasteiger charge is 2.12. The van der Waals surface area contributed by atoms with E-state index in [1.807, 2.05) is 0 Å². The van der Waals surface area contributed by atoms with Crippen LogP contribution in [0.5, 0.6) is 5.75 Å². The van der Waals surface area contributed by atoms with Gasteiger partial charge in [-0.2, -0.15) is 0 Å². The highest BCUT2D eigenvalue weighted by atomic mass is 16.9. The number of phenols is 1. The molecule has 0 aromatic heterocycles. The third-order valence-corrected chi connectivity index (χ3v) is 1.92. The van der Waals surface area contributed by atoms with Crippen molar-refractivity contribution in [3.05, 3.63) is 39.4 Å². The molecule has 1 aromatic carbocycles. The number of hydrogen-bond acceptors (Lipinski definition) is 5. The summed E-state index contributed by atoms with van der Waals surface area (Å²) in [6, 6.07) is 4.17. The van der Waals surface area contributed by atoms with E-state index in [1.165, 1.54) is 18.2 Å². The monoisotopic (exact) mass is 227 g/mol. The Morgan fingerprint density at radius 1 is 1.50 bits per heavy atom. The van der Waals surface area contributed by atoms with E-state index in [-0.39, 0.29) is 24.3 Å². The van der Waals surface area contributed by atoms with Gasteiger partial charge in [0.25, 0.3) is 5.09 Å². The van der Waals surface area contributed by atoms with Crippen LogP contribution in [0.15, 0.2) is 18.2 Å². The Hall–Kier alpha value is -2.31. The molecule has 16 heavy (non-hydrogen) atoms. The van der Waals surface area contributed by atoms with Gasteiger partial charge in [0.1, 0.15) is 17.9 Å². The maximum Gasteiger partial charge on any atom is 0.339 e. The molecule has 0 atom stereocenters. The number of nitrogens with zero attached hydrogens (tertiary/aromatic N) is 1. The minimum absolute atomic E-state index is 0.0634. The van der Waals surface area contributed by atoms with Crippen molar-refractivity contribution in [3.63, 3.8) is 0 Å². The van der Waals surface area contributed by atoms with Crippen LogP contribution in [-0.4, -0.2) is 27.9 Å². The number of aromatic hydroxyl groups is 1. The minimum Gasteiger partial charge on any atom is -0.507 e. The summed E-state index contributed by atoms with van der Waals surface area (Å²) in [6.07, 6.45) is 0.0634. The van der Waals surface area contributed by atoms with Crippen molar-refractivity contribution in [2.75, 3.05) is 6.61 Å². The van der Waals surface area contributed by atoms with E-state index in [0.29, 0.717) is 5.56 Å². The summed E-state index contributed by atoms with van der Waals surface area (Å²) in [5.74, 6) is -1.64. The topological polar surface area (TPSA) is 110 Å². The molecule has 0 unspecified atom stereocenters. The lowest BCUT2D eigenvalue weighted by Crippen LogP contribution is -2.06.